The Morgan fingerprint density at radius 3 is 2.68 bits per heavy atom. The minimum absolute atomic E-state index is 0.0416. The highest BCUT2D eigenvalue weighted by Crippen LogP contribution is 2.18. The molecule has 0 aliphatic carbocycles. The van der Waals surface area contributed by atoms with Crippen LogP contribution in [0.1, 0.15) is 29.5 Å². The van der Waals surface area contributed by atoms with E-state index in [-0.39, 0.29) is 11.9 Å². The molecule has 0 fully saturated rings. The summed E-state index contributed by atoms with van der Waals surface area (Å²) in [7, 11) is 4.02. The molecule has 0 radical (unpaired) electrons. The monoisotopic (exact) mass is 379 g/mol. The Hall–Kier alpha value is -3.06. The van der Waals surface area contributed by atoms with Gasteiger partial charge in [0.25, 0.3) is 0 Å². The maximum atomic E-state index is 12.3. The van der Waals surface area contributed by atoms with Crippen LogP contribution in [0.15, 0.2) is 53.3 Å². The number of rotatable bonds is 8. The summed E-state index contributed by atoms with van der Waals surface area (Å²) in [6, 6.07) is 12.2. The SMILES string of the molecule is Cc1ccc([C@@H](CNC(=O)CCc2nc(-c3cccnc3)no2)N(C)C)cc1. The summed E-state index contributed by atoms with van der Waals surface area (Å²) < 4.78 is 5.24. The number of nitrogens with zero attached hydrogens (tertiary/aromatic N) is 4. The highest BCUT2D eigenvalue weighted by atomic mass is 16.5. The lowest BCUT2D eigenvalue weighted by Crippen LogP contribution is -2.34. The van der Waals surface area contributed by atoms with Crippen LogP contribution in [0.25, 0.3) is 11.4 Å². The lowest BCUT2D eigenvalue weighted by Gasteiger charge is -2.25. The molecule has 7 heteroatoms. The first kappa shape index (κ1) is 19.7. The van der Waals surface area contributed by atoms with Crippen LogP contribution >= 0.6 is 0 Å². The van der Waals surface area contributed by atoms with Gasteiger partial charge < -0.3 is 14.7 Å². The molecule has 2 aromatic heterocycles. The summed E-state index contributed by atoms with van der Waals surface area (Å²) in [6.07, 6.45) is 4.05. The van der Waals surface area contributed by atoms with E-state index in [2.05, 4.69) is 56.5 Å². The van der Waals surface area contributed by atoms with Gasteiger partial charge in [-0.05, 0) is 38.7 Å². The van der Waals surface area contributed by atoms with Crippen molar-refractivity contribution < 1.29 is 9.32 Å². The molecule has 3 aromatic rings. The lowest BCUT2D eigenvalue weighted by atomic mass is 10.0. The van der Waals surface area contributed by atoms with Crippen molar-refractivity contribution in [3.8, 4) is 11.4 Å². The lowest BCUT2D eigenvalue weighted by molar-refractivity contribution is -0.121. The highest BCUT2D eigenvalue weighted by Gasteiger charge is 2.16. The summed E-state index contributed by atoms with van der Waals surface area (Å²) in [5.41, 5.74) is 3.18. The van der Waals surface area contributed by atoms with Crippen molar-refractivity contribution >= 4 is 5.91 Å². The van der Waals surface area contributed by atoms with Crippen molar-refractivity contribution in [3.63, 3.8) is 0 Å². The van der Waals surface area contributed by atoms with Crippen LogP contribution in [0.4, 0.5) is 0 Å². The molecule has 2 heterocycles. The predicted molar refractivity (Wildman–Crippen MR) is 106 cm³/mol. The molecule has 0 saturated carbocycles. The first-order valence-corrected chi connectivity index (χ1v) is 9.25. The first-order chi connectivity index (χ1) is 13.5. The third-order valence-electron chi connectivity index (χ3n) is 4.53. The molecule has 0 aliphatic heterocycles. The molecule has 28 heavy (non-hydrogen) atoms. The number of likely N-dealkylation sites (N-methyl/N-ethyl adjacent to an activating group) is 1. The fourth-order valence-corrected chi connectivity index (χ4v) is 2.88. The van der Waals surface area contributed by atoms with Gasteiger partial charge in [0.2, 0.25) is 17.6 Å². The van der Waals surface area contributed by atoms with Crippen LogP contribution in [0, 0.1) is 6.92 Å². The van der Waals surface area contributed by atoms with Gasteiger partial charge in [0, 0.05) is 37.3 Å². The zero-order chi connectivity index (χ0) is 19.9. The maximum absolute atomic E-state index is 12.3. The molecule has 1 amide bonds. The van der Waals surface area contributed by atoms with Crippen LogP contribution in [-0.4, -0.2) is 46.6 Å². The molecule has 0 bridgehead atoms. The molecular weight excluding hydrogens is 354 g/mol. The van der Waals surface area contributed by atoms with Crippen LogP contribution in [0.3, 0.4) is 0 Å². The third-order valence-corrected chi connectivity index (χ3v) is 4.53. The second-order valence-corrected chi connectivity index (χ2v) is 6.95. The molecule has 7 nitrogen and oxygen atoms in total. The van der Waals surface area contributed by atoms with Gasteiger partial charge >= 0.3 is 0 Å². The average Bonchev–Trinajstić information content (AvgIpc) is 3.17. The molecular formula is C21H25N5O2. The van der Waals surface area contributed by atoms with Crippen molar-refractivity contribution in [1.29, 1.82) is 0 Å². The Labute approximate surface area is 164 Å². The van der Waals surface area contributed by atoms with Gasteiger partial charge in [0.15, 0.2) is 0 Å². The normalized spacial score (nSPS) is 12.1. The van der Waals surface area contributed by atoms with Crippen LogP contribution in [0.2, 0.25) is 0 Å². The minimum Gasteiger partial charge on any atom is -0.354 e. The summed E-state index contributed by atoms with van der Waals surface area (Å²) >= 11 is 0. The Kier molecular flexibility index (Phi) is 6.49. The zero-order valence-corrected chi connectivity index (χ0v) is 16.4. The van der Waals surface area contributed by atoms with E-state index in [4.69, 9.17) is 4.52 Å². The van der Waals surface area contributed by atoms with Crippen molar-refractivity contribution in [1.82, 2.24) is 25.3 Å². The number of carbonyl (C=O) groups excluding carboxylic acids is 1. The number of benzene rings is 1. The number of nitrogens with one attached hydrogen (secondary N) is 1. The summed E-state index contributed by atoms with van der Waals surface area (Å²) in [5.74, 6) is 0.882. The van der Waals surface area contributed by atoms with Crippen LogP contribution in [-0.2, 0) is 11.2 Å². The van der Waals surface area contributed by atoms with Gasteiger partial charge in [-0.2, -0.15) is 4.98 Å². The van der Waals surface area contributed by atoms with Crippen molar-refractivity contribution in [2.45, 2.75) is 25.8 Å². The predicted octanol–water partition coefficient (Wildman–Crippen LogP) is 2.79. The minimum atomic E-state index is -0.0416. The van der Waals surface area contributed by atoms with Crippen molar-refractivity contribution in [2.75, 3.05) is 20.6 Å². The number of carbonyl (C=O) groups is 1. The van der Waals surface area contributed by atoms with E-state index in [0.29, 0.717) is 31.1 Å². The van der Waals surface area contributed by atoms with E-state index >= 15 is 0 Å². The van der Waals surface area contributed by atoms with Gasteiger partial charge in [-0.15, -0.1) is 0 Å². The van der Waals surface area contributed by atoms with Gasteiger partial charge in [0.05, 0.1) is 6.04 Å². The largest absolute Gasteiger partial charge is 0.354 e. The number of hydrogen-bond acceptors (Lipinski definition) is 6. The second kappa shape index (κ2) is 9.23. The van der Waals surface area contributed by atoms with Gasteiger partial charge in [-0.25, -0.2) is 0 Å². The molecule has 3 rings (SSSR count). The molecule has 1 aromatic carbocycles. The summed E-state index contributed by atoms with van der Waals surface area (Å²) in [6.45, 7) is 2.60. The van der Waals surface area contributed by atoms with Crippen LogP contribution in [0.5, 0.6) is 0 Å². The van der Waals surface area contributed by atoms with E-state index in [1.807, 2.05) is 26.2 Å². The molecule has 1 atom stereocenters. The second-order valence-electron chi connectivity index (χ2n) is 6.95. The topological polar surface area (TPSA) is 84.2 Å². The van der Waals surface area contributed by atoms with Crippen molar-refractivity contribution in [2.24, 2.45) is 0 Å². The Morgan fingerprint density at radius 1 is 1.21 bits per heavy atom. The smallest absolute Gasteiger partial charge is 0.227 e. The standard InChI is InChI=1S/C21H25N5O2/c1-15-6-8-16(9-7-15)18(26(2)3)14-23-19(27)10-11-20-24-21(25-28-20)17-5-4-12-22-13-17/h4-9,12-13,18H,10-11,14H2,1-3H3,(H,23,27)/t18-/m1/s1. The van der Waals surface area contributed by atoms with Crippen LogP contribution < -0.4 is 5.32 Å². The molecule has 0 spiro atoms. The Bertz CT molecular complexity index is 891. The molecule has 146 valence electrons. The van der Waals surface area contributed by atoms with E-state index in [1.165, 1.54) is 11.1 Å². The van der Waals surface area contributed by atoms with E-state index in [1.54, 1.807) is 12.4 Å². The van der Waals surface area contributed by atoms with Gasteiger partial charge in [-0.1, -0.05) is 35.0 Å². The van der Waals surface area contributed by atoms with E-state index < -0.39 is 0 Å². The Balaban J connectivity index is 1.51. The van der Waals surface area contributed by atoms with Gasteiger partial charge in [0.1, 0.15) is 0 Å². The number of amides is 1. The van der Waals surface area contributed by atoms with E-state index in [0.717, 1.165) is 5.56 Å². The number of aromatic nitrogens is 3. The molecule has 0 saturated heterocycles. The molecule has 0 unspecified atom stereocenters. The summed E-state index contributed by atoms with van der Waals surface area (Å²) in [5, 5.41) is 6.95. The maximum Gasteiger partial charge on any atom is 0.227 e. The fraction of sp³-hybridized carbons (Fsp3) is 0.333. The molecule has 0 aliphatic rings. The van der Waals surface area contributed by atoms with Gasteiger partial charge in [-0.3, -0.25) is 9.78 Å². The number of pyridine rings is 1. The number of hydrogen-bond donors (Lipinski definition) is 1. The summed E-state index contributed by atoms with van der Waals surface area (Å²) in [4.78, 5) is 22.7. The van der Waals surface area contributed by atoms with Crippen molar-refractivity contribution in [3.05, 3.63) is 65.8 Å². The Morgan fingerprint density at radius 2 is 2.00 bits per heavy atom. The quantitative estimate of drug-likeness (QED) is 0.648. The van der Waals surface area contributed by atoms with E-state index in [9.17, 15) is 4.79 Å². The number of aryl methyl sites for hydroxylation is 2. The fourth-order valence-electron chi connectivity index (χ4n) is 2.88. The molecule has 1 N–H and O–H groups in total. The zero-order valence-electron chi connectivity index (χ0n) is 16.4. The highest BCUT2D eigenvalue weighted by molar-refractivity contribution is 5.76. The first-order valence-electron chi connectivity index (χ1n) is 9.25. The average molecular weight is 379 g/mol. The third kappa shape index (κ3) is 5.23.